The lowest BCUT2D eigenvalue weighted by atomic mass is 9.98. The van der Waals surface area contributed by atoms with E-state index in [1.165, 1.54) is 0 Å². The van der Waals surface area contributed by atoms with Crippen molar-refractivity contribution in [3.8, 4) is 34.4 Å². The summed E-state index contributed by atoms with van der Waals surface area (Å²) < 4.78 is 146. The average Bonchev–Trinajstić information content (AvgIpc) is 4.03. The van der Waals surface area contributed by atoms with Crippen LogP contribution in [0.25, 0.3) is 98.2 Å². The van der Waals surface area contributed by atoms with Gasteiger partial charge in [-0.15, -0.1) is 11.3 Å². The zero-order valence-corrected chi connectivity index (χ0v) is 26.8. The Morgan fingerprint density at radius 1 is 0.451 bits per heavy atom. The quantitative estimate of drug-likeness (QED) is 0.185. The Hall–Kier alpha value is -6.63. The second kappa shape index (κ2) is 10.9. The van der Waals surface area contributed by atoms with Gasteiger partial charge in [0.25, 0.3) is 0 Å². The van der Waals surface area contributed by atoms with Crippen LogP contribution in [0.4, 0.5) is 0 Å². The molecular weight excluding hydrogens is 643 g/mol. The number of fused-ring (bicyclic) bond motifs is 9. The smallest absolute Gasteiger partial charge is 0.240 e. The van der Waals surface area contributed by atoms with E-state index < -0.39 is 109 Å². The van der Waals surface area contributed by atoms with Crippen molar-refractivity contribution in [2.75, 3.05) is 0 Å². The Bertz CT molecular complexity index is 3750. The minimum absolute atomic E-state index is 0.127. The van der Waals surface area contributed by atoms with Crippen LogP contribution in [0.5, 0.6) is 0 Å². The van der Waals surface area contributed by atoms with E-state index in [9.17, 15) is 5.48 Å². The molecule has 0 aliphatic carbocycles. The molecule has 0 unspecified atom stereocenters. The van der Waals surface area contributed by atoms with E-state index in [1.54, 1.807) is 29.5 Å². The van der Waals surface area contributed by atoms with Gasteiger partial charge in [0.05, 0.1) is 44.0 Å². The van der Waals surface area contributed by atoms with E-state index in [1.807, 2.05) is 48.5 Å². The first kappa shape index (κ1) is 16.9. The summed E-state index contributed by atoms with van der Waals surface area (Å²) in [6.07, 6.45) is 0. The Labute approximate surface area is 318 Å². The molecule has 51 heavy (non-hydrogen) atoms. The number of thiophene rings is 1. The Morgan fingerprint density at radius 3 is 1.53 bits per heavy atom. The summed E-state index contributed by atoms with van der Waals surface area (Å²) in [5, 5.41) is 1.02. The molecule has 0 fully saturated rings. The van der Waals surface area contributed by atoms with Gasteiger partial charge < -0.3 is 0 Å². The first-order valence-corrected chi connectivity index (χ1v) is 16.6. The van der Waals surface area contributed by atoms with Crippen molar-refractivity contribution in [1.29, 1.82) is 0 Å². The lowest BCUT2D eigenvalue weighted by Gasteiger charge is -2.13. The molecule has 0 saturated heterocycles. The normalized spacial score (nSPS) is 16.3. The summed E-state index contributed by atoms with van der Waals surface area (Å²) in [4.78, 5) is 14.5. The molecule has 0 aliphatic heterocycles. The predicted octanol–water partition coefficient (Wildman–Crippen LogP) is 11.8. The molecule has 0 saturated carbocycles. The van der Waals surface area contributed by atoms with Gasteiger partial charge in [-0.1, -0.05) is 121 Å². The average molecular weight is 686 g/mol. The van der Waals surface area contributed by atoms with Crippen LogP contribution in [0, 0.1) is 0 Å². The largest absolute Gasteiger partial charge is 0.278 e. The van der Waals surface area contributed by atoms with Crippen molar-refractivity contribution < 1.29 is 21.9 Å². The van der Waals surface area contributed by atoms with Gasteiger partial charge in [0.1, 0.15) is 0 Å². The third-order valence-corrected chi connectivity index (χ3v) is 10.0. The zero-order chi connectivity index (χ0) is 47.4. The fourth-order valence-corrected chi connectivity index (χ4v) is 7.90. The van der Waals surface area contributed by atoms with E-state index in [-0.39, 0.29) is 49.4 Å². The number of benzene rings is 7. The van der Waals surface area contributed by atoms with Crippen LogP contribution in [0.15, 0.2) is 163 Å². The Balaban J connectivity index is 1.33. The van der Waals surface area contributed by atoms with Crippen molar-refractivity contribution >= 4 is 75.1 Å². The number of hydrogen-bond donors (Lipinski definition) is 0. The molecule has 0 atom stereocenters. The Kier molecular flexibility index (Phi) is 3.61. The maximum absolute atomic E-state index is 9.18. The van der Waals surface area contributed by atoms with Crippen molar-refractivity contribution in [3.05, 3.63) is 163 Å². The SMILES string of the molecule is [2H]c1c([2H])c([2H])c2c(c1[2H])c1c([2H])c([2H])c([2H])c([2H])c1n2-c1nc(-c2cccc(-c3cccc4sc5ccccc5c34)c2)nc(-n2c3c([2H])c([2H])c([2H])c([2H])c3c3c([2H])c([2H])c([2H])c([2H])c32)n1. The summed E-state index contributed by atoms with van der Waals surface area (Å²) in [7, 11) is 0. The van der Waals surface area contributed by atoms with Crippen LogP contribution >= 0.6 is 11.3 Å². The molecule has 0 N–H and O–H groups in total. The zero-order valence-electron chi connectivity index (χ0n) is 42.0. The van der Waals surface area contributed by atoms with Crippen molar-refractivity contribution in [2.45, 2.75) is 0 Å². The van der Waals surface area contributed by atoms with Gasteiger partial charge in [-0.25, -0.2) is 0 Å². The van der Waals surface area contributed by atoms with E-state index in [4.69, 9.17) is 31.4 Å². The standard InChI is InChI=1S/C45H27N5S/c1-6-21-36-31(15-1)32-16-2-7-22-37(32)49(36)44-46-43(47-45(48-44)50-38-23-8-3-17-33(38)34-18-4-9-24-39(34)50)29-14-11-13-28(27-29)30-20-12-26-41-42(30)35-19-5-10-25-40(35)51-41/h1-27H/i1D,2D,3D,4D,6D,7D,8D,9D,15D,16D,17D,18D,21D,22D,23D,24D. The maximum Gasteiger partial charge on any atom is 0.240 e. The van der Waals surface area contributed by atoms with Crippen LogP contribution in [0.3, 0.4) is 0 Å². The van der Waals surface area contributed by atoms with Crippen LogP contribution in [-0.4, -0.2) is 24.1 Å². The number of aromatic nitrogens is 5. The monoisotopic (exact) mass is 685 g/mol. The summed E-state index contributed by atoms with van der Waals surface area (Å²) in [6.45, 7) is 0. The molecule has 0 amide bonds. The number of hydrogen-bond acceptors (Lipinski definition) is 4. The molecule has 7 aromatic carbocycles. The van der Waals surface area contributed by atoms with Crippen molar-refractivity contribution in [2.24, 2.45) is 0 Å². The van der Waals surface area contributed by atoms with E-state index in [2.05, 4.69) is 0 Å². The van der Waals surface area contributed by atoms with Crippen LogP contribution in [0.2, 0.25) is 0 Å². The first-order valence-electron chi connectivity index (χ1n) is 23.7. The highest BCUT2D eigenvalue weighted by Gasteiger charge is 2.21. The van der Waals surface area contributed by atoms with Gasteiger partial charge in [0.15, 0.2) is 5.82 Å². The molecular formula is C45H27N5S. The van der Waals surface area contributed by atoms with Crippen LogP contribution in [0.1, 0.15) is 21.9 Å². The lowest BCUT2D eigenvalue weighted by molar-refractivity contribution is 0.893. The minimum Gasteiger partial charge on any atom is -0.278 e. The summed E-state index contributed by atoms with van der Waals surface area (Å²) in [5.74, 6) is -1.04. The predicted molar refractivity (Wildman–Crippen MR) is 212 cm³/mol. The van der Waals surface area contributed by atoms with Crippen molar-refractivity contribution in [3.63, 3.8) is 0 Å². The van der Waals surface area contributed by atoms with Gasteiger partial charge in [-0.05, 0) is 53.5 Å². The third kappa shape index (κ3) is 4.24. The molecule has 0 bridgehead atoms. The topological polar surface area (TPSA) is 48.5 Å². The second-order valence-corrected chi connectivity index (χ2v) is 12.8. The summed E-state index contributed by atoms with van der Waals surface area (Å²) in [5.41, 5.74) is 0.691. The van der Waals surface area contributed by atoms with Crippen LogP contribution in [-0.2, 0) is 0 Å². The van der Waals surface area contributed by atoms with Crippen LogP contribution < -0.4 is 0 Å². The van der Waals surface area contributed by atoms with E-state index in [0.717, 1.165) is 40.4 Å². The van der Waals surface area contributed by atoms with Gasteiger partial charge in [0.2, 0.25) is 11.9 Å². The molecule has 4 heterocycles. The summed E-state index contributed by atoms with van der Waals surface area (Å²) >= 11 is 1.64. The minimum atomic E-state index is -0.691. The fraction of sp³-hybridized carbons (Fsp3) is 0. The molecule has 238 valence electrons. The molecule has 11 rings (SSSR count). The molecule has 4 aromatic heterocycles. The second-order valence-electron chi connectivity index (χ2n) is 11.7. The number of rotatable bonds is 4. The van der Waals surface area contributed by atoms with Gasteiger partial charge >= 0.3 is 0 Å². The Morgan fingerprint density at radius 2 is 0.941 bits per heavy atom. The molecule has 5 nitrogen and oxygen atoms in total. The highest BCUT2D eigenvalue weighted by Crippen LogP contribution is 2.41. The number of nitrogens with zero attached hydrogens (tertiary/aromatic N) is 5. The summed E-state index contributed by atoms with van der Waals surface area (Å²) in [6, 6.07) is 10.7. The molecule has 6 heteroatoms. The van der Waals surface area contributed by atoms with E-state index >= 15 is 0 Å². The van der Waals surface area contributed by atoms with Gasteiger partial charge in [-0.2, -0.15) is 15.0 Å². The lowest BCUT2D eigenvalue weighted by Crippen LogP contribution is -2.10. The third-order valence-electron chi connectivity index (χ3n) is 8.91. The van der Waals surface area contributed by atoms with Gasteiger partial charge in [0, 0.05) is 47.3 Å². The van der Waals surface area contributed by atoms with Crippen molar-refractivity contribution in [1.82, 2.24) is 24.1 Å². The molecule has 11 aromatic rings. The first-order chi connectivity index (χ1) is 31.9. The number of para-hydroxylation sites is 4. The fourth-order valence-electron chi connectivity index (χ4n) is 6.77. The van der Waals surface area contributed by atoms with Gasteiger partial charge in [-0.3, -0.25) is 9.13 Å². The molecule has 0 aliphatic rings. The van der Waals surface area contributed by atoms with E-state index in [0.29, 0.717) is 5.56 Å². The highest BCUT2D eigenvalue weighted by molar-refractivity contribution is 7.25. The maximum atomic E-state index is 9.18. The molecule has 0 radical (unpaired) electrons. The molecule has 0 spiro atoms. The highest BCUT2D eigenvalue weighted by atomic mass is 32.1.